The van der Waals surface area contributed by atoms with Crippen LogP contribution in [0.15, 0.2) is 64.1 Å². The molecule has 0 radical (unpaired) electrons. The number of fused-ring (bicyclic) bond motifs is 2. The number of carboxylic acid groups (broad SMARTS) is 1. The number of rotatable bonds is 6. The van der Waals surface area contributed by atoms with Crippen molar-refractivity contribution in [2.24, 2.45) is 12.0 Å². The number of hydrogen-bond acceptors (Lipinski definition) is 6. The summed E-state index contributed by atoms with van der Waals surface area (Å²) in [5, 5.41) is 18.1. The molecule has 9 heteroatoms. The molecule has 0 aliphatic carbocycles. The Morgan fingerprint density at radius 2 is 1.97 bits per heavy atom. The maximum atomic E-state index is 11.0. The first-order valence-electron chi connectivity index (χ1n) is 11.1. The van der Waals surface area contributed by atoms with Crippen LogP contribution in [0.2, 0.25) is 0 Å². The van der Waals surface area contributed by atoms with E-state index in [1.165, 1.54) is 0 Å². The van der Waals surface area contributed by atoms with Crippen molar-refractivity contribution in [3.63, 3.8) is 0 Å². The molecule has 1 atom stereocenters. The van der Waals surface area contributed by atoms with Crippen LogP contribution in [0.1, 0.15) is 12.5 Å². The van der Waals surface area contributed by atoms with Crippen molar-refractivity contribution in [2.45, 2.75) is 13.0 Å². The quantitative estimate of drug-likeness (QED) is 0.321. The van der Waals surface area contributed by atoms with Crippen LogP contribution in [-0.2, 0) is 11.8 Å². The van der Waals surface area contributed by atoms with Gasteiger partial charge in [-0.15, -0.1) is 0 Å². The summed E-state index contributed by atoms with van der Waals surface area (Å²) in [7, 11) is 1.87. The van der Waals surface area contributed by atoms with E-state index in [9.17, 15) is 4.79 Å². The Hall–Kier alpha value is -3.85. The highest BCUT2D eigenvalue weighted by Gasteiger charge is 2.16. The molecule has 35 heavy (non-hydrogen) atoms. The lowest BCUT2D eigenvalue weighted by molar-refractivity contribution is -0.137. The van der Waals surface area contributed by atoms with Gasteiger partial charge in [0.05, 0.1) is 11.2 Å². The van der Waals surface area contributed by atoms with Gasteiger partial charge in [-0.05, 0) is 69.9 Å². The maximum absolute atomic E-state index is 11.0. The molecular formula is C26H23BrN4O4. The minimum atomic E-state index is -0.960. The second kappa shape index (κ2) is 9.42. The van der Waals surface area contributed by atoms with Gasteiger partial charge in [-0.25, -0.2) is 4.79 Å². The number of aliphatic imine (C=N–C) groups is 1. The summed E-state index contributed by atoms with van der Waals surface area (Å²) in [4.78, 5) is 15.1. The predicted molar refractivity (Wildman–Crippen MR) is 139 cm³/mol. The van der Waals surface area contributed by atoms with E-state index in [4.69, 9.17) is 14.6 Å². The first-order valence-corrected chi connectivity index (χ1v) is 11.9. The number of ether oxygens (including phenoxy) is 2. The summed E-state index contributed by atoms with van der Waals surface area (Å²) in [6, 6.07) is 16.9. The molecule has 0 saturated carbocycles. The Kier molecular flexibility index (Phi) is 6.17. The zero-order chi connectivity index (χ0) is 24.5. The van der Waals surface area contributed by atoms with Crippen LogP contribution >= 0.6 is 15.9 Å². The molecular weight excluding hydrogens is 512 g/mol. The van der Waals surface area contributed by atoms with Crippen LogP contribution < -0.4 is 14.8 Å². The fourth-order valence-corrected chi connectivity index (χ4v) is 4.49. The number of aromatic nitrogens is 2. The molecule has 0 amide bonds. The maximum Gasteiger partial charge on any atom is 0.328 e. The average Bonchev–Trinajstić information content (AvgIpc) is 3.17. The van der Waals surface area contributed by atoms with Crippen LogP contribution in [-0.4, -0.2) is 46.3 Å². The third-order valence-corrected chi connectivity index (χ3v) is 6.64. The van der Waals surface area contributed by atoms with Gasteiger partial charge in [0.2, 0.25) is 0 Å². The first kappa shape index (κ1) is 22.9. The second-order valence-electron chi connectivity index (χ2n) is 8.19. The smallest absolute Gasteiger partial charge is 0.328 e. The van der Waals surface area contributed by atoms with Crippen molar-refractivity contribution < 1.29 is 19.4 Å². The molecule has 2 N–H and O–H groups in total. The van der Waals surface area contributed by atoms with Gasteiger partial charge >= 0.3 is 5.97 Å². The summed E-state index contributed by atoms with van der Waals surface area (Å²) in [6.07, 6.45) is 1.58. The molecule has 0 spiro atoms. The van der Waals surface area contributed by atoms with Crippen molar-refractivity contribution in [1.82, 2.24) is 9.78 Å². The molecule has 5 rings (SSSR count). The SMILES string of the molecule is C[C@H](N=Cc1ccc2c(Nc3cccc(-c4ccc5c(c4)OCCO5)c3Br)nn(C)c2c1)C(=O)O. The van der Waals surface area contributed by atoms with Gasteiger partial charge in [0.15, 0.2) is 17.3 Å². The topological polar surface area (TPSA) is 98.0 Å². The van der Waals surface area contributed by atoms with Crippen molar-refractivity contribution >= 4 is 50.5 Å². The number of benzene rings is 3. The molecule has 178 valence electrons. The fraction of sp³-hybridized carbons (Fsp3) is 0.192. The van der Waals surface area contributed by atoms with Gasteiger partial charge < -0.3 is 19.9 Å². The molecule has 1 aliphatic heterocycles. The van der Waals surface area contributed by atoms with Crippen LogP contribution in [0.5, 0.6) is 11.5 Å². The Morgan fingerprint density at radius 1 is 1.17 bits per heavy atom. The summed E-state index contributed by atoms with van der Waals surface area (Å²) >= 11 is 3.77. The molecule has 0 bridgehead atoms. The average molecular weight is 535 g/mol. The first-order chi connectivity index (χ1) is 16.9. The minimum Gasteiger partial charge on any atom is -0.486 e. The summed E-state index contributed by atoms with van der Waals surface area (Å²) in [5.74, 6) is 1.25. The standard InChI is InChI=1S/C26H23BrN4O4/c1-15(26(32)33)28-14-16-6-8-19-21(12-16)31(2)30-25(19)29-20-5-3-4-18(24(20)27)17-7-9-22-23(13-17)35-11-10-34-22/h3-9,12-15H,10-11H2,1-2H3,(H,29,30)(H,32,33)/t15-/m0/s1. The van der Waals surface area contributed by atoms with Gasteiger partial charge in [0, 0.05) is 23.1 Å². The fourth-order valence-electron chi connectivity index (χ4n) is 3.90. The Bertz CT molecular complexity index is 1460. The molecule has 0 fully saturated rings. The van der Waals surface area contributed by atoms with Crippen LogP contribution in [0.4, 0.5) is 11.5 Å². The second-order valence-corrected chi connectivity index (χ2v) is 8.98. The highest BCUT2D eigenvalue weighted by Crippen LogP contribution is 2.40. The summed E-state index contributed by atoms with van der Waals surface area (Å²) in [6.45, 7) is 2.64. The third-order valence-electron chi connectivity index (χ3n) is 5.79. The molecule has 0 unspecified atom stereocenters. The van der Waals surface area contributed by atoms with Gasteiger partial charge in [0.25, 0.3) is 0 Å². The van der Waals surface area contributed by atoms with Crippen molar-refractivity contribution in [2.75, 3.05) is 18.5 Å². The Balaban J connectivity index is 1.45. The Labute approximate surface area is 210 Å². The highest BCUT2D eigenvalue weighted by molar-refractivity contribution is 9.10. The minimum absolute atomic E-state index is 0.540. The summed E-state index contributed by atoms with van der Waals surface area (Å²) in [5.41, 5.74) is 4.60. The molecule has 2 heterocycles. The molecule has 4 aromatic rings. The van der Waals surface area contributed by atoms with Gasteiger partial charge in [-0.1, -0.05) is 24.3 Å². The van der Waals surface area contributed by atoms with E-state index in [1.807, 2.05) is 61.6 Å². The Morgan fingerprint density at radius 3 is 2.77 bits per heavy atom. The largest absolute Gasteiger partial charge is 0.486 e. The van der Waals surface area contributed by atoms with E-state index in [2.05, 4.69) is 31.3 Å². The lowest BCUT2D eigenvalue weighted by Crippen LogP contribution is -2.15. The molecule has 3 aromatic carbocycles. The number of aryl methyl sites for hydroxylation is 1. The van der Waals surface area contributed by atoms with Crippen LogP contribution in [0, 0.1) is 0 Å². The molecule has 1 aromatic heterocycles. The normalized spacial score (nSPS) is 13.8. The number of anilines is 2. The van der Waals surface area contributed by atoms with Crippen LogP contribution in [0.3, 0.4) is 0 Å². The van der Waals surface area contributed by atoms with Crippen molar-refractivity contribution in [3.05, 3.63) is 64.6 Å². The predicted octanol–water partition coefficient (Wildman–Crippen LogP) is 5.41. The zero-order valence-electron chi connectivity index (χ0n) is 19.2. The van der Waals surface area contributed by atoms with E-state index in [0.29, 0.717) is 19.0 Å². The van der Waals surface area contributed by atoms with Gasteiger partial charge in [0.1, 0.15) is 19.3 Å². The number of carboxylic acids is 1. The zero-order valence-corrected chi connectivity index (χ0v) is 20.7. The number of nitrogens with one attached hydrogen (secondary N) is 1. The third kappa shape index (κ3) is 4.59. The highest BCUT2D eigenvalue weighted by atomic mass is 79.9. The van der Waals surface area contributed by atoms with E-state index < -0.39 is 12.0 Å². The van der Waals surface area contributed by atoms with E-state index in [0.717, 1.165) is 49.3 Å². The number of hydrogen-bond donors (Lipinski definition) is 2. The number of halogens is 1. The molecule has 1 aliphatic rings. The van der Waals surface area contributed by atoms with E-state index in [1.54, 1.807) is 17.8 Å². The van der Waals surface area contributed by atoms with Crippen LogP contribution in [0.25, 0.3) is 22.0 Å². The monoisotopic (exact) mass is 534 g/mol. The number of aliphatic carboxylic acids is 1. The number of nitrogens with zero attached hydrogens (tertiary/aromatic N) is 3. The van der Waals surface area contributed by atoms with Gasteiger partial charge in [-0.2, -0.15) is 5.10 Å². The van der Waals surface area contributed by atoms with E-state index in [-0.39, 0.29) is 0 Å². The summed E-state index contributed by atoms with van der Waals surface area (Å²) < 4.78 is 14.1. The lowest BCUT2D eigenvalue weighted by atomic mass is 10.0. The van der Waals surface area contributed by atoms with Gasteiger partial charge in [-0.3, -0.25) is 9.67 Å². The number of carbonyl (C=O) groups is 1. The van der Waals surface area contributed by atoms with E-state index >= 15 is 0 Å². The molecule has 0 saturated heterocycles. The lowest BCUT2D eigenvalue weighted by Gasteiger charge is -2.19. The molecule has 8 nitrogen and oxygen atoms in total. The van der Waals surface area contributed by atoms with Crippen molar-refractivity contribution in [3.8, 4) is 22.6 Å². The van der Waals surface area contributed by atoms with Crippen molar-refractivity contribution in [1.29, 1.82) is 0 Å².